The van der Waals surface area contributed by atoms with Gasteiger partial charge in [-0.2, -0.15) is 0 Å². The van der Waals surface area contributed by atoms with E-state index in [0.717, 1.165) is 9.37 Å². The maximum atomic E-state index is 12.9. The molecule has 1 fully saturated rings. The highest BCUT2D eigenvalue weighted by molar-refractivity contribution is 9.10. The minimum Gasteiger partial charge on any atom is -0.478 e. The molecule has 2 aromatic carbocycles. The number of amides is 4. The number of barbiturate groups is 1. The van der Waals surface area contributed by atoms with Gasteiger partial charge in [0.15, 0.2) is 5.75 Å². The average Bonchev–Trinajstić information content (AvgIpc) is 2.66. The van der Waals surface area contributed by atoms with E-state index >= 15 is 0 Å². The maximum Gasteiger partial charge on any atom is 0.335 e. The topological polar surface area (TPSA) is 75.7 Å². The summed E-state index contributed by atoms with van der Waals surface area (Å²) in [6.45, 7) is -0.0228. The van der Waals surface area contributed by atoms with Crippen LogP contribution >= 0.6 is 39.1 Å². The maximum absolute atomic E-state index is 12.9. The lowest BCUT2D eigenvalue weighted by atomic mass is 10.1. The first-order chi connectivity index (χ1) is 13.8. The number of carbonyl (C=O) groups excluding carboxylic acids is 3. The summed E-state index contributed by atoms with van der Waals surface area (Å²) in [6.07, 6.45) is 6.44. The Kier molecular flexibility index (Phi) is 6.28. The van der Waals surface area contributed by atoms with Crippen LogP contribution in [-0.2, 0) is 9.59 Å². The number of terminal acetylenes is 1. The summed E-state index contributed by atoms with van der Waals surface area (Å²) in [6, 6.07) is 8.57. The van der Waals surface area contributed by atoms with Crippen molar-refractivity contribution in [2.75, 3.05) is 11.5 Å². The predicted octanol–water partition coefficient (Wildman–Crippen LogP) is 4.43. The van der Waals surface area contributed by atoms with Gasteiger partial charge in [-0.15, -0.1) is 6.42 Å². The Morgan fingerprint density at radius 1 is 1.14 bits per heavy atom. The van der Waals surface area contributed by atoms with Gasteiger partial charge >= 0.3 is 6.03 Å². The summed E-state index contributed by atoms with van der Waals surface area (Å²) in [5.74, 6) is 0.893. The van der Waals surface area contributed by atoms with Crippen LogP contribution in [0, 0.1) is 12.3 Å². The van der Waals surface area contributed by atoms with Gasteiger partial charge in [0.05, 0.1) is 15.7 Å². The Morgan fingerprint density at radius 2 is 1.76 bits per heavy atom. The normalized spacial score (nSPS) is 15.3. The lowest BCUT2D eigenvalue weighted by Gasteiger charge is -2.26. The number of carbonyl (C=O) groups is 3. The van der Waals surface area contributed by atoms with E-state index in [9.17, 15) is 14.4 Å². The van der Waals surface area contributed by atoms with Crippen molar-refractivity contribution >= 4 is 68.7 Å². The number of nitrogens with zero attached hydrogens (tertiary/aromatic N) is 1. The molecule has 1 aliphatic heterocycles. The number of anilines is 1. The fraction of sp³-hybridized carbons (Fsp3) is 0.0500. The molecule has 0 atom stereocenters. The van der Waals surface area contributed by atoms with Crippen molar-refractivity contribution in [3.63, 3.8) is 0 Å². The van der Waals surface area contributed by atoms with E-state index in [1.165, 1.54) is 18.2 Å². The minimum absolute atomic E-state index is 0.0228. The highest BCUT2D eigenvalue weighted by atomic mass is 79.9. The number of hydrogen-bond acceptors (Lipinski definition) is 4. The van der Waals surface area contributed by atoms with E-state index < -0.39 is 17.8 Å². The quantitative estimate of drug-likeness (QED) is 0.388. The molecule has 0 saturated carbocycles. The van der Waals surface area contributed by atoms with Gasteiger partial charge in [0.2, 0.25) is 0 Å². The molecule has 1 N–H and O–H groups in total. The highest BCUT2D eigenvalue weighted by Crippen LogP contribution is 2.35. The number of hydrogen-bond donors (Lipinski definition) is 1. The van der Waals surface area contributed by atoms with Gasteiger partial charge in [0.25, 0.3) is 11.8 Å². The molecule has 0 bridgehead atoms. The van der Waals surface area contributed by atoms with Crippen LogP contribution < -0.4 is 15.0 Å². The molecule has 1 saturated heterocycles. The summed E-state index contributed by atoms with van der Waals surface area (Å²) >= 11 is 15.6. The highest BCUT2D eigenvalue weighted by Gasteiger charge is 2.36. The van der Waals surface area contributed by atoms with Gasteiger partial charge in [0, 0.05) is 4.47 Å². The number of ether oxygens (including phenoxy) is 1. The lowest BCUT2D eigenvalue weighted by Crippen LogP contribution is -2.54. The Morgan fingerprint density at radius 3 is 2.34 bits per heavy atom. The number of halogens is 3. The van der Waals surface area contributed by atoms with Gasteiger partial charge in [-0.25, -0.2) is 9.69 Å². The second-order valence-corrected chi connectivity index (χ2v) is 7.47. The van der Waals surface area contributed by atoms with E-state index in [4.69, 9.17) is 34.4 Å². The van der Waals surface area contributed by atoms with E-state index in [2.05, 4.69) is 27.2 Å². The second kappa shape index (κ2) is 8.70. The van der Waals surface area contributed by atoms with Crippen LogP contribution in [0.15, 0.2) is 46.4 Å². The van der Waals surface area contributed by atoms with Crippen molar-refractivity contribution in [3.05, 3.63) is 62.1 Å². The largest absolute Gasteiger partial charge is 0.478 e. The molecule has 4 amide bonds. The standard InChI is InChI=1S/C20H11BrCl2N2O4/c1-2-7-29-17-15(22)9-11(10-16(17)23)8-14-18(26)24-20(28)25(19(14)27)13-5-3-12(21)4-6-13/h1,3-6,8-10H,7H2,(H,24,26,28)/b14-8+. The minimum atomic E-state index is -0.839. The molecule has 6 nitrogen and oxygen atoms in total. The van der Waals surface area contributed by atoms with Gasteiger partial charge in [-0.1, -0.05) is 45.1 Å². The third-order valence-corrected chi connectivity index (χ3v) is 4.91. The Hall–Kier alpha value is -2.79. The molecule has 0 spiro atoms. The Bertz CT molecular complexity index is 1070. The fourth-order valence-corrected chi connectivity index (χ4v) is 3.44. The average molecular weight is 494 g/mol. The second-order valence-electron chi connectivity index (χ2n) is 5.74. The van der Waals surface area contributed by atoms with Crippen molar-refractivity contribution in [2.45, 2.75) is 0 Å². The fourth-order valence-electron chi connectivity index (χ4n) is 2.56. The van der Waals surface area contributed by atoms with Crippen molar-refractivity contribution in [1.29, 1.82) is 0 Å². The Balaban J connectivity index is 1.98. The monoisotopic (exact) mass is 492 g/mol. The zero-order valence-corrected chi connectivity index (χ0v) is 17.6. The van der Waals surface area contributed by atoms with Gasteiger partial charge in [-0.3, -0.25) is 14.9 Å². The molecule has 0 aliphatic carbocycles. The Labute approximate surface area is 184 Å². The van der Waals surface area contributed by atoms with Crippen LogP contribution in [0.3, 0.4) is 0 Å². The molecule has 1 aliphatic rings. The lowest BCUT2D eigenvalue weighted by molar-refractivity contribution is -0.122. The van der Waals surface area contributed by atoms with Crippen molar-refractivity contribution < 1.29 is 19.1 Å². The molecule has 1 heterocycles. The smallest absolute Gasteiger partial charge is 0.335 e. The number of rotatable bonds is 4. The van der Waals surface area contributed by atoms with E-state index in [0.29, 0.717) is 11.3 Å². The third-order valence-electron chi connectivity index (χ3n) is 3.82. The molecule has 0 unspecified atom stereocenters. The third kappa shape index (κ3) is 4.46. The molecule has 0 radical (unpaired) electrons. The van der Waals surface area contributed by atoms with Crippen LogP contribution in [0.1, 0.15) is 5.56 Å². The van der Waals surface area contributed by atoms with Crippen LogP contribution in [0.25, 0.3) is 6.08 Å². The van der Waals surface area contributed by atoms with Gasteiger partial charge < -0.3 is 4.74 Å². The molecule has 3 rings (SSSR count). The van der Waals surface area contributed by atoms with Crippen LogP contribution in [0.2, 0.25) is 10.0 Å². The molecular weight excluding hydrogens is 483 g/mol. The first-order valence-corrected chi connectivity index (χ1v) is 9.59. The van der Waals surface area contributed by atoms with E-state index in [1.54, 1.807) is 24.3 Å². The number of imide groups is 2. The van der Waals surface area contributed by atoms with Crippen molar-refractivity contribution in [3.8, 4) is 18.1 Å². The first kappa shape index (κ1) is 20.9. The SMILES string of the molecule is C#CCOc1c(Cl)cc(/C=C2\C(=O)NC(=O)N(c3ccc(Br)cc3)C2=O)cc1Cl. The van der Waals surface area contributed by atoms with Crippen LogP contribution in [0.5, 0.6) is 5.75 Å². The van der Waals surface area contributed by atoms with Gasteiger partial charge in [-0.05, 0) is 48.0 Å². The van der Waals surface area contributed by atoms with E-state index in [1.807, 2.05) is 0 Å². The molecule has 9 heteroatoms. The molecule has 146 valence electrons. The van der Waals surface area contributed by atoms with Crippen molar-refractivity contribution in [1.82, 2.24) is 5.32 Å². The molecule has 29 heavy (non-hydrogen) atoms. The van der Waals surface area contributed by atoms with Gasteiger partial charge in [0.1, 0.15) is 12.2 Å². The molecule has 0 aromatic heterocycles. The zero-order valence-electron chi connectivity index (χ0n) is 14.5. The summed E-state index contributed by atoms with van der Waals surface area (Å²) in [4.78, 5) is 38.2. The molecular formula is C20H11BrCl2N2O4. The summed E-state index contributed by atoms with van der Waals surface area (Å²) in [5, 5.41) is 2.46. The van der Waals surface area contributed by atoms with Crippen LogP contribution in [0.4, 0.5) is 10.5 Å². The predicted molar refractivity (Wildman–Crippen MR) is 114 cm³/mol. The zero-order chi connectivity index (χ0) is 21.1. The van der Waals surface area contributed by atoms with Crippen LogP contribution in [-0.4, -0.2) is 24.5 Å². The summed E-state index contributed by atoms with van der Waals surface area (Å²) < 4.78 is 6.05. The number of benzene rings is 2. The summed E-state index contributed by atoms with van der Waals surface area (Å²) in [5.41, 5.74) is 0.428. The molecule has 2 aromatic rings. The first-order valence-electron chi connectivity index (χ1n) is 8.04. The number of urea groups is 1. The summed E-state index contributed by atoms with van der Waals surface area (Å²) in [7, 11) is 0. The van der Waals surface area contributed by atoms with E-state index in [-0.39, 0.29) is 28.0 Å². The number of nitrogens with one attached hydrogen (secondary N) is 1. The van der Waals surface area contributed by atoms with Crippen molar-refractivity contribution in [2.24, 2.45) is 0 Å².